The van der Waals surface area contributed by atoms with E-state index in [0.29, 0.717) is 12.3 Å². The van der Waals surface area contributed by atoms with Crippen molar-refractivity contribution in [3.63, 3.8) is 0 Å². The van der Waals surface area contributed by atoms with Gasteiger partial charge >= 0.3 is 0 Å². The molecule has 0 atom stereocenters. The second kappa shape index (κ2) is 9.44. The number of rotatable bonds is 10. The topological polar surface area (TPSA) is 81.4 Å². The summed E-state index contributed by atoms with van der Waals surface area (Å²) in [4.78, 5) is 0.199. The number of nitrogens with one attached hydrogen (secondary N) is 1. The third-order valence-corrected chi connectivity index (χ3v) is 5.24. The van der Waals surface area contributed by atoms with Gasteiger partial charge in [-0.15, -0.1) is 0 Å². The van der Waals surface area contributed by atoms with Gasteiger partial charge in [0.05, 0.1) is 11.5 Å². The Morgan fingerprint density at radius 3 is 2.52 bits per heavy atom. The first kappa shape index (κ1) is 19.3. The number of nitrogens with two attached hydrogens (primary N) is 1. The van der Waals surface area contributed by atoms with Crippen LogP contribution in [0.15, 0.2) is 53.4 Å². The third-order valence-electron chi connectivity index (χ3n) is 3.82. The minimum atomic E-state index is -3.56. The minimum absolute atomic E-state index is 0.199. The summed E-state index contributed by atoms with van der Waals surface area (Å²) in [6, 6.07) is 13.6. The summed E-state index contributed by atoms with van der Waals surface area (Å²) in [6.45, 7) is 3.07. The van der Waals surface area contributed by atoms with Crippen molar-refractivity contribution in [2.45, 2.75) is 44.0 Å². The molecule has 136 valence electrons. The van der Waals surface area contributed by atoms with Crippen molar-refractivity contribution in [2.75, 3.05) is 12.3 Å². The van der Waals surface area contributed by atoms with Gasteiger partial charge in [-0.3, -0.25) is 0 Å². The van der Waals surface area contributed by atoms with E-state index in [1.165, 1.54) is 25.0 Å². The zero-order valence-corrected chi connectivity index (χ0v) is 15.4. The number of ether oxygens (including phenoxy) is 1. The average molecular weight is 362 g/mol. The van der Waals surface area contributed by atoms with Gasteiger partial charge in [0.2, 0.25) is 10.0 Å². The first-order chi connectivity index (χ1) is 12.0. The maximum absolute atomic E-state index is 12.3. The van der Waals surface area contributed by atoms with Crippen LogP contribution in [0.25, 0.3) is 0 Å². The van der Waals surface area contributed by atoms with Crippen LogP contribution in [-0.4, -0.2) is 15.0 Å². The fraction of sp³-hybridized carbons (Fsp3) is 0.368. The number of sulfonamides is 1. The van der Waals surface area contributed by atoms with Crippen LogP contribution in [-0.2, 0) is 16.6 Å². The Kier molecular flexibility index (Phi) is 7.28. The molecule has 2 aromatic rings. The normalized spacial score (nSPS) is 11.4. The molecule has 0 bridgehead atoms. The van der Waals surface area contributed by atoms with E-state index < -0.39 is 10.0 Å². The highest BCUT2D eigenvalue weighted by Gasteiger charge is 2.13. The standard InChI is InChI=1S/C19H26N2O3S/c1-2-3-4-5-13-24-18-8-6-7-16(14-18)15-21-25(22,23)19-11-9-17(20)10-12-19/h6-12,14,21H,2-5,13,15,20H2,1H3. The van der Waals surface area contributed by atoms with Gasteiger partial charge in [-0.25, -0.2) is 13.1 Å². The summed E-state index contributed by atoms with van der Waals surface area (Å²) in [5, 5.41) is 0. The quantitative estimate of drug-likeness (QED) is 0.499. The maximum Gasteiger partial charge on any atom is 0.240 e. The van der Waals surface area contributed by atoms with Crippen LogP contribution in [0, 0.1) is 0 Å². The first-order valence-electron chi connectivity index (χ1n) is 8.58. The molecule has 0 aromatic heterocycles. The molecule has 0 aliphatic heterocycles. The van der Waals surface area contributed by atoms with Gasteiger partial charge in [0, 0.05) is 12.2 Å². The predicted octanol–water partition coefficient (Wildman–Crippen LogP) is 3.71. The fourth-order valence-electron chi connectivity index (χ4n) is 2.37. The van der Waals surface area contributed by atoms with E-state index >= 15 is 0 Å². The zero-order valence-electron chi connectivity index (χ0n) is 14.6. The lowest BCUT2D eigenvalue weighted by atomic mass is 10.2. The van der Waals surface area contributed by atoms with Crippen LogP contribution in [0.5, 0.6) is 5.75 Å². The molecule has 6 heteroatoms. The molecular weight excluding hydrogens is 336 g/mol. The Bertz CT molecular complexity index is 758. The van der Waals surface area contributed by atoms with Crippen molar-refractivity contribution in [2.24, 2.45) is 0 Å². The minimum Gasteiger partial charge on any atom is -0.494 e. The number of unbranched alkanes of at least 4 members (excludes halogenated alkanes) is 3. The van der Waals surface area contributed by atoms with Crippen molar-refractivity contribution >= 4 is 15.7 Å². The SMILES string of the molecule is CCCCCCOc1cccc(CNS(=O)(=O)c2ccc(N)cc2)c1. The summed E-state index contributed by atoms with van der Waals surface area (Å²) in [5.74, 6) is 0.765. The Morgan fingerprint density at radius 1 is 1.04 bits per heavy atom. The molecule has 0 amide bonds. The molecule has 5 nitrogen and oxygen atoms in total. The lowest BCUT2D eigenvalue weighted by Crippen LogP contribution is -2.23. The van der Waals surface area contributed by atoms with Crippen LogP contribution in [0.1, 0.15) is 38.2 Å². The van der Waals surface area contributed by atoms with E-state index in [0.717, 1.165) is 24.2 Å². The van der Waals surface area contributed by atoms with Crippen molar-refractivity contribution in [3.05, 3.63) is 54.1 Å². The molecule has 2 aromatic carbocycles. The number of anilines is 1. The highest BCUT2D eigenvalue weighted by Crippen LogP contribution is 2.16. The molecule has 0 saturated heterocycles. The van der Waals surface area contributed by atoms with Gasteiger partial charge in [0.15, 0.2) is 0 Å². The van der Waals surface area contributed by atoms with Gasteiger partial charge in [0.25, 0.3) is 0 Å². The van der Waals surface area contributed by atoms with Crippen LogP contribution in [0.4, 0.5) is 5.69 Å². The molecule has 2 rings (SSSR count). The Morgan fingerprint density at radius 2 is 1.80 bits per heavy atom. The molecule has 25 heavy (non-hydrogen) atoms. The smallest absolute Gasteiger partial charge is 0.240 e. The van der Waals surface area contributed by atoms with Crippen molar-refractivity contribution in [1.82, 2.24) is 4.72 Å². The van der Waals surface area contributed by atoms with Crippen LogP contribution >= 0.6 is 0 Å². The van der Waals surface area contributed by atoms with Crippen molar-refractivity contribution in [3.8, 4) is 5.75 Å². The third kappa shape index (κ3) is 6.40. The summed E-state index contributed by atoms with van der Waals surface area (Å²) >= 11 is 0. The lowest BCUT2D eigenvalue weighted by molar-refractivity contribution is 0.305. The van der Waals surface area contributed by atoms with Gasteiger partial charge < -0.3 is 10.5 Å². The number of benzene rings is 2. The predicted molar refractivity (Wildman–Crippen MR) is 101 cm³/mol. The van der Waals surface area contributed by atoms with Crippen LogP contribution < -0.4 is 15.2 Å². The summed E-state index contributed by atoms with van der Waals surface area (Å²) in [7, 11) is -3.56. The molecule has 3 N–H and O–H groups in total. The second-order valence-corrected chi connectivity index (χ2v) is 7.72. The van der Waals surface area contributed by atoms with Gasteiger partial charge in [-0.1, -0.05) is 38.3 Å². The van der Waals surface area contributed by atoms with Gasteiger partial charge in [0.1, 0.15) is 5.75 Å². The number of hydrogen-bond acceptors (Lipinski definition) is 4. The molecule has 0 unspecified atom stereocenters. The monoisotopic (exact) mass is 362 g/mol. The molecule has 0 saturated carbocycles. The van der Waals surface area contributed by atoms with E-state index in [9.17, 15) is 8.42 Å². The fourth-order valence-corrected chi connectivity index (χ4v) is 3.39. The van der Waals surface area contributed by atoms with E-state index in [4.69, 9.17) is 10.5 Å². The largest absolute Gasteiger partial charge is 0.494 e. The Balaban J connectivity index is 1.90. The molecule has 0 aliphatic rings. The average Bonchev–Trinajstić information content (AvgIpc) is 2.61. The molecule has 0 spiro atoms. The van der Waals surface area contributed by atoms with E-state index in [-0.39, 0.29) is 11.4 Å². The van der Waals surface area contributed by atoms with Crippen LogP contribution in [0.3, 0.4) is 0 Å². The molecular formula is C19H26N2O3S. The van der Waals surface area contributed by atoms with Crippen LogP contribution in [0.2, 0.25) is 0 Å². The van der Waals surface area contributed by atoms with E-state index in [2.05, 4.69) is 11.6 Å². The van der Waals surface area contributed by atoms with Gasteiger partial charge in [-0.05, 0) is 48.4 Å². The molecule has 0 radical (unpaired) electrons. The molecule has 0 fully saturated rings. The lowest BCUT2D eigenvalue weighted by Gasteiger charge is -2.10. The zero-order chi connectivity index (χ0) is 18.1. The summed E-state index contributed by atoms with van der Waals surface area (Å²) < 4.78 is 32.9. The Hall–Kier alpha value is -2.05. The van der Waals surface area contributed by atoms with Gasteiger partial charge in [-0.2, -0.15) is 0 Å². The number of hydrogen-bond donors (Lipinski definition) is 2. The van der Waals surface area contributed by atoms with E-state index in [1.807, 2.05) is 24.3 Å². The molecule has 0 heterocycles. The van der Waals surface area contributed by atoms with Crippen molar-refractivity contribution < 1.29 is 13.2 Å². The Labute approximate surface area is 150 Å². The highest BCUT2D eigenvalue weighted by atomic mass is 32.2. The highest BCUT2D eigenvalue weighted by molar-refractivity contribution is 7.89. The van der Waals surface area contributed by atoms with Crippen molar-refractivity contribution in [1.29, 1.82) is 0 Å². The first-order valence-corrected chi connectivity index (χ1v) is 10.1. The second-order valence-electron chi connectivity index (χ2n) is 5.95. The summed E-state index contributed by atoms with van der Waals surface area (Å²) in [5.41, 5.74) is 6.97. The number of nitrogen functional groups attached to an aromatic ring is 1. The maximum atomic E-state index is 12.3. The summed E-state index contributed by atoms with van der Waals surface area (Å²) in [6.07, 6.45) is 4.61. The molecule has 0 aliphatic carbocycles. The van der Waals surface area contributed by atoms with E-state index in [1.54, 1.807) is 12.1 Å².